The molecule has 254 valence electrons. The number of anilines is 1. The molecule has 12 heteroatoms. The quantitative estimate of drug-likeness (QED) is 0.206. The van der Waals surface area contributed by atoms with Gasteiger partial charge in [0, 0.05) is 69.2 Å². The molecule has 0 atom stereocenters. The molecule has 0 bridgehead atoms. The first-order valence-electron chi connectivity index (χ1n) is 15.8. The summed E-state index contributed by atoms with van der Waals surface area (Å²) < 4.78 is 22.6. The number of carbonyl (C=O) groups excluding carboxylic acids is 2. The highest BCUT2D eigenvalue weighted by atomic mass is 16.6. The van der Waals surface area contributed by atoms with Crippen molar-refractivity contribution in [3.8, 4) is 11.5 Å². The fourth-order valence-electron chi connectivity index (χ4n) is 4.98. The van der Waals surface area contributed by atoms with E-state index in [2.05, 4.69) is 0 Å². The molecule has 4 rings (SSSR count). The summed E-state index contributed by atoms with van der Waals surface area (Å²) in [6.07, 6.45) is 2.60. The molecule has 12 nitrogen and oxygen atoms in total. The van der Waals surface area contributed by atoms with Crippen molar-refractivity contribution in [1.29, 1.82) is 0 Å². The van der Waals surface area contributed by atoms with Gasteiger partial charge in [-0.15, -0.1) is 0 Å². The van der Waals surface area contributed by atoms with Crippen LogP contribution in [0.3, 0.4) is 0 Å². The number of nitrogens with two attached hydrogens (primary N) is 1. The second-order valence-corrected chi connectivity index (χ2v) is 13.8. The number of rotatable bonds is 5. The van der Waals surface area contributed by atoms with Crippen LogP contribution in [0.4, 0.5) is 21.0 Å². The molecule has 2 aliphatic rings. The first kappa shape index (κ1) is 36.3. The van der Waals surface area contributed by atoms with Crippen molar-refractivity contribution in [1.82, 2.24) is 9.80 Å². The molecule has 2 N–H and O–H groups in total. The highest BCUT2D eigenvalue weighted by Gasteiger charge is 2.29. The van der Waals surface area contributed by atoms with Gasteiger partial charge in [-0.2, -0.15) is 0 Å². The summed E-state index contributed by atoms with van der Waals surface area (Å²) in [5, 5.41) is 10.8. The van der Waals surface area contributed by atoms with Crippen molar-refractivity contribution < 1.29 is 33.5 Å². The molecule has 0 radical (unpaired) electrons. The largest absolute Gasteiger partial charge is 0.490 e. The number of hydrogen-bond donors (Lipinski definition) is 1. The lowest BCUT2D eigenvalue weighted by molar-refractivity contribution is -0.385. The molecule has 0 unspecified atom stereocenters. The number of ether oxygens (including phenoxy) is 4. The fraction of sp³-hybridized carbons (Fsp3) is 0.588. The average Bonchev–Trinajstić information content (AvgIpc) is 2.94. The zero-order valence-corrected chi connectivity index (χ0v) is 28.5. The van der Waals surface area contributed by atoms with Crippen LogP contribution in [0, 0.1) is 24.0 Å². The van der Waals surface area contributed by atoms with Gasteiger partial charge in [0.2, 0.25) is 0 Å². The van der Waals surface area contributed by atoms with Crippen molar-refractivity contribution in [3.05, 3.63) is 57.6 Å². The third kappa shape index (κ3) is 11.6. The number of amides is 2. The van der Waals surface area contributed by atoms with Gasteiger partial charge < -0.3 is 34.5 Å². The predicted octanol–water partition coefficient (Wildman–Crippen LogP) is 7.04. The van der Waals surface area contributed by atoms with Crippen molar-refractivity contribution in [2.24, 2.45) is 0 Å². The molecule has 2 heterocycles. The normalized spacial score (nSPS) is 16.2. The van der Waals surface area contributed by atoms with Crippen LogP contribution in [0.5, 0.6) is 11.5 Å². The number of nitro benzene ring substituents is 1. The number of hydrogen-bond acceptors (Lipinski definition) is 9. The minimum Gasteiger partial charge on any atom is -0.490 e. The highest BCUT2D eigenvalue weighted by molar-refractivity contribution is 5.68. The Hall–Kier alpha value is -4.22. The van der Waals surface area contributed by atoms with Crippen molar-refractivity contribution >= 4 is 23.6 Å². The van der Waals surface area contributed by atoms with E-state index in [0.717, 1.165) is 29.8 Å². The van der Waals surface area contributed by atoms with Gasteiger partial charge in [-0.3, -0.25) is 10.1 Å². The van der Waals surface area contributed by atoms with Crippen molar-refractivity contribution in [2.75, 3.05) is 31.9 Å². The number of benzene rings is 2. The van der Waals surface area contributed by atoms with Crippen LogP contribution >= 0.6 is 0 Å². The molecule has 2 saturated heterocycles. The van der Waals surface area contributed by atoms with E-state index in [4.69, 9.17) is 24.7 Å². The van der Waals surface area contributed by atoms with E-state index in [-0.39, 0.29) is 30.1 Å². The van der Waals surface area contributed by atoms with Gasteiger partial charge >= 0.3 is 12.2 Å². The molecule has 2 fully saturated rings. The summed E-state index contributed by atoms with van der Waals surface area (Å²) in [6.45, 7) is 17.3. The van der Waals surface area contributed by atoms with Crippen LogP contribution in [0.2, 0.25) is 0 Å². The third-order valence-corrected chi connectivity index (χ3v) is 7.40. The summed E-state index contributed by atoms with van der Waals surface area (Å²) >= 11 is 0. The second kappa shape index (κ2) is 15.4. The Labute approximate surface area is 272 Å². The summed E-state index contributed by atoms with van der Waals surface area (Å²) in [6, 6.07) is 10.5. The topological polar surface area (TPSA) is 147 Å². The maximum Gasteiger partial charge on any atom is 0.410 e. The number of carbonyl (C=O) groups is 2. The van der Waals surface area contributed by atoms with Gasteiger partial charge in [-0.05, 0) is 91.3 Å². The van der Waals surface area contributed by atoms with Crippen LogP contribution in [-0.4, -0.2) is 76.5 Å². The number of aryl methyl sites for hydroxylation is 2. The van der Waals surface area contributed by atoms with Crippen LogP contribution in [0.15, 0.2) is 36.4 Å². The maximum absolute atomic E-state index is 12.0. The first-order valence-corrected chi connectivity index (χ1v) is 15.8. The van der Waals surface area contributed by atoms with Gasteiger partial charge in [0.1, 0.15) is 34.9 Å². The molecule has 0 aliphatic carbocycles. The number of nitro groups is 1. The Morgan fingerprint density at radius 1 is 0.739 bits per heavy atom. The summed E-state index contributed by atoms with van der Waals surface area (Å²) in [7, 11) is 0. The average molecular weight is 643 g/mol. The van der Waals surface area contributed by atoms with Crippen LogP contribution in [0.1, 0.15) is 78.4 Å². The Morgan fingerprint density at radius 2 is 1.13 bits per heavy atom. The molecule has 46 heavy (non-hydrogen) atoms. The summed E-state index contributed by atoms with van der Waals surface area (Å²) in [5.74, 6) is 1.45. The van der Waals surface area contributed by atoms with E-state index in [9.17, 15) is 19.7 Å². The standard InChI is InChI=1S/C17H24N2O5.C17H26N2O3/c1-12-11-14(5-6-15(12)19(21)22)23-13-7-9-18(10-8-13)16(20)24-17(2,3)4;1-12-11-14(5-6-15(12)18)21-13-7-9-19(10-8-13)16(20)22-17(2,3)4/h5-6,11,13H,7-10H2,1-4H3;5-6,11,13H,7-10,18H2,1-4H3. The van der Waals surface area contributed by atoms with Crippen molar-refractivity contribution in [3.63, 3.8) is 0 Å². The molecule has 2 aromatic carbocycles. The Morgan fingerprint density at radius 3 is 1.48 bits per heavy atom. The lowest BCUT2D eigenvalue weighted by Gasteiger charge is -2.33. The Balaban J connectivity index is 0.000000251. The molecule has 2 amide bonds. The minimum atomic E-state index is -0.499. The molecule has 2 aromatic rings. The SMILES string of the molecule is Cc1cc(OC2CCN(C(=O)OC(C)(C)C)CC2)ccc1N.Cc1cc(OC2CCN(C(=O)OC(C)(C)C)CC2)ccc1[N+](=O)[O-]. The van der Waals surface area contributed by atoms with Gasteiger partial charge in [0.25, 0.3) is 5.69 Å². The number of piperidine rings is 2. The molecule has 0 saturated carbocycles. The van der Waals surface area contributed by atoms with Crippen molar-refractivity contribution in [2.45, 2.75) is 104 Å². The number of nitrogens with zero attached hydrogens (tertiary/aromatic N) is 3. The van der Waals surface area contributed by atoms with E-state index in [1.54, 1.807) is 28.9 Å². The molecule has 2 aliphatic heterocycles. The van der Waals surface area contributed by atoms with Gasteiger partial charge in [-0.25, -0.2) is 9.59 Å². The molecular weight excluding hydrogens is 592 g/mol. The zero-order chi connectivity index (χ0) is 34.2. The Kier molecular flexibility index (Phi) is 12.1. The van der Waals surface area contributed by atoms with Crippen LogP contribution < -0.4 is 15.2 Å². The van der Waals surface area contributed by atoms with E-state index in [1.807, 2.05) is 66.7 Å². The number of nitrogen functional groups attached to an aromatic ring is 1. The van der Waals surface area contributed by atoms with Gasteiger partial charge in [0.05, 0.1) is 4.92 Å². The highest BCUT2D eigenvalue weighted by Crippen LogP contribution is 2.27. The third-order valence-electron chi connectivity index (χ3n) is 7.40. The van der Waals surface area contributed by atoms with E-state index in [1.165, 1.54) is 6.07 Å². The monoisotopic (exact) mass is 642 g/mol. The first-order chi connectivity index (χ1) is 21.4. The minimum absolute atomic E-state index is 0.00968. The fourth-order valence-corrected chi connectivity index (χ4v) is 4.98. The van der Waals surface area contributed by atoms with Gasteiger partial charge in [0.15, 0.2) is 0 Å². The van der Waals surface area contributed by atoms with Gasteiger partial charge in [-0.1, -0.05) is 0 Å². The van der Waals surface area contributed by atoms with E-state index < -0.39 is 16.1 Å². The zero-order valence-electron chi connectivity index (χ0n) is 28.5. The molecule has 0 aromatic heterocycles. The summed E-state index contributed by atoms with van der Waals surface area (Å²) in [5.41, 5.74) is 7.30. The lowest BCUT2D eigenvalue weighted by Crippen LogP contribution is -2.44. The number of likely N-dealkylation sites (tertiary alicyclic amines) is 2. The summed E-state index contributed by atoms with van der Waals surface area (Å²) in [4.78, 5) is 37.9. The van der Waals surface area contributed by atoms with Crippen LogP contribution in [-0.2, 0) is 9.47 Å². The molecular formula is C34H50N4O8. The second-order valence-electron chi connectivity index (χ2n) is 13.8. The molecule has 0 spiro atoms. The van der Waals surface area contributed by atoms with E-state index >= 15 is 0 Å². The predicted molar refractivity (Wildman–Crippen MR) is 176 cm³/mol. The van der Waals surface area contributed by atoms with Crippen LogP contribution in [0.25, 0.3) is 0 Å². The maximum atomic E-state index is 12.0. The lowest BCUT2D eigenvalue weighted by atomic mass is 10.1. The van der Waals surface area contributed by atoms with E-state index in [0.29, 0.717) is 50.3 Å². The smallest absolute Gasteiger partial charge is 0.410 e. The Bertz CT molecular complexity index is 1350.